The topological polar surface area (TPSA) is 41.1 Å². The molecule has 1 aromatic rings. The minimum Gasteiger partial charge on any atom is -0.324 e. The monoisotopic (exact) mass is 250 g/mol. The first-order valence-electron chi connectivity index (χ1n) is 5.99. The SMILES string of the molecule is CCc1ccc2c(c1)SC(CCNC)C(=O)N2. The van der Waals surface area contributed by atoms with Gasteiger partial charge in [0.2, 0.25) is 5.91 Å². The van der Waals surface area contributed by atoms with E-state index in [0.29, 0.717) is 0 Å². The summed E-state index contributed by atoms with van der Waals surface area (Å²) in [7, 11) is 1.91. The zero-order valence-corrected chi connectivity index (χ0v) is 11.1. The number of carbonyl (C=O) groups is 1. The van der Waals surface area contributed by atoms with E-state index in [4.69, 9.17) is 0 Å². The molecule has 4 heteroatoms. The van der Waals surface area contributed by atoms with E-state index in [0.717, 1.165) is 25.1 Å². The first kappa shape index (κ1) is 12.5. The van der Waals surface area contributed by atoms with Gasteiger partial charge in [-0.1, -0.05) is 13.0 Å². The van der Waals surface area contributed by atoms with Crippen LogP contribution in [0.2, 0.25) is 0 Å². The van der Waals surface area contributed by atoms with Crippen LogP contribution in [-0.4, -0.2) is 24.7 Å². The summed E-state index contributed by atoms with van der Waals surface area (Å²) < 4.78 is 0. The molecule has 1 atom stereocenters. The Morgan fingerprint density at radius 3 is 3.00 bits per heavy atom. The highest BCUT2D eigenvalue weighted by Crippen LogP contribution is 2.37. The molecule has 0 aromatic heterocycles. The normalized spacial score (nSPS) is 18.7. The second-order valence-electron chi connectivity index (χ2n) is 4.17. The number of thioether (sulfide) groups is 1. The Hall–Kier alpha value is -1.00. The zero-order valence-electron chi connectivity index (χ0n) is 10.2. The molecule has 0 radical (unpaired) electrons. The van der Waals surface area contributed by atoms with E-state index in [2.05, 4.69) is 29.7 Å². The molecule has 0 saturated heterocycles. The lowest BCUT2D eigenvalue weighted by Crippen LogP contribution is -2.31. The molecule has 0 saturated carbocycles. The van der Waals surface area contributed by atoms with Crippen molar-refractivity contribution in [1.29, 1.82) is 0 Å². The van der Waals surface area contributed by atoms with E-state index in [1.165, 1.54) is 10.5 Å². The molecule has 2 N–H and O–H groups in total. The zero-order chi connectivity index (χ0) is 12.3. The highest BCUT2D eigenvalue weighted by molar-refractivity contribution is 8.01. The van der Waals surface area contributed by atoms with Gasteiger partial charge in [0.25, 0.3) is 0 Å². The smallest absolute Gasteiger partial charge is 0.237 e. The van der Waals surface area contributed by atoms with Crippen molar-refractivity contribution in [3.8, 4) is 0 Å². The van der Waals surface area contributed by atoms with Crippen LogP contribution in [0.5, 0.6) is 0 Å². The van der Waals surface area contributed by atoms with E-state index in [-0.39, 0.29) is 11.2 Å². The maximum Gasteiger partial charge on any atom is 0.237 e. The molecular weight excluding hydrogens is 232 g/mol. The summed E-state index contributed by atoms with van der Waals surface area (Å²) >= 11 is 1.68. The highest BCUT2D eigenvalue weighted by atomic mass is 32.2. The molecule has 0 bridgehead atoms. The number of rotatable bonds is 4. The number of hydrogen-bond acceptors (Lipinski definition) is 3. The van der Waals surface area contributed by atoms with Crippen LogP contribution in [0, 0.1) is 0 Å². The average molecular weight is 250 g/mol. The van der Waals surface area contributed by atoms with Crippen molar-refractivity contribution in [2.75, 3.05) is 18.9 Å². The Morgan fingerprint density at radius 1 is 1.47 bits per heavy atom. The Bertz CT molecular complexity index is 420. The molecule has 3 nitrogen and oxygen atoms in total. The first-order valence-corrected chi connectivity index (χ1v) is 6.87. The van der Waals surface area contributed by atoms with Crippen LogP contribution >= 0.6 is 11.8 Å². The largest absolute Gasteiger partial charge is 0.324 e. The number of nitrogens with one attached hydrogen (secondary N) is 2. The summed E-state index contributed by atoms with van der Waals surface area (Å²) in [4.78, 5) is 13.1. The fourth-order valence-corrected chi connectivity index (χ4v) is 3.05. The maximum atomic E-state index is 11.9. The van der Waals surface area contributed by atoms with Gasteiger partial charge >= 0.3 is 0 Å². The van der Waals surface area contributed by atoms with Gasteiger partial charge in [0.15, 0.2) is 0 Å². The molecule has 1 amide bonds. The second kappa shape index (κ2) is 5.56. The molecule has 17 heavy (non-hydrogen) atoms. The van der Waals surface area contributed by atoms with Gasteiger partial charge in [-0.2, -0.15) is 0 Å². The third-order valence-electron chi connectivity index (χ3n) is 2.93. The Morgan fingerprint density at radius 2 is 2.29 bits per heavy atom. The van der Waals surface area contributed by atoms with Crippen molar-refractivity contribution >= 4 is 23.4 Å². The Kier molecular flexibility index (Phi) is 4.07. The van der Waals surface area contributed by atoms with Crippen LogP contribution in [0.1, 0.15) is 18.9 Å². The van der Waals surface area contributed by atoms with Gasteiger partial charge in [0.1, 0.15) is 0 Å². The van der Waals surface area contributed by atoms with E-state index >= 15 is 0 Å². The first-order chi connectivity index (χ1) is 8.24. The molecule has 0 aliphatic carbocycles. The summed E-state index contributed by atoms with van der Waals surface area (Å²) in [5.41, 5.74) is 2.28. The van der Waals surface area contributed by atoms with Crippen LogP contribution in [-0.2, 0) is 11.2 Å². The summed E-state index contributed by atoms with van der Waals surface area (Å²) in [5.74, 6) is 0.127. The van der Waals surface area contributed by atoms with Gasteiger partial charge < -0.3 is 10.6 Å². The number of aryl methyl sites for hydroxylation is 1. The number of benzene rings is 1. The third-order valence-corrected chi connectivity index (χ3v) is 4.26. The Balaban J connectivity index is 2.16. The minimum atomic E-state index is 0.0297. The maximum absolute atomic E-state index is 11.9. The number of hydrogen-bond donors (Lipinski definition) is 2. The molecule has 1 heterocycles. The lowest BCUT2D eigenvalue weighted by molar-refractivity contribution is -0.115. The molecule has 2 rings (SSSR count). The van der Waals surface area contributed by atoms with Crippen molar-refractivity contribution in [2.24, 2.45) is 0 Å². The fraction of sp³-hybridized carbons (Fsp3) is 0.462. The van der Waals surface area contributed by atoms with Crippen LogP contribution < -0.4 is 10.6 Å². The van der Waals surface area contributed by atoms with E-state index in [1.807, 2.05) is 13.1 Å². The second-order valence-corrected chi connectivity index (χ2v) is 5.42. The summed E-state index contributed by atoms with van der Waals surface area (Å²) in [6.45, 7) is 3.01. The molecule has 1 aliphatic heterocycles. The minimum absolute atomic E-state index is 0.0297. The van der Waals surface area contributed by atoms with E-state index in [1.54, 1.807) is 11.8 Å². The summed E-state index contributed by atoms with van der Waals surface area (Å²) in [6.07, 6.45) is 1.89. The van der Waals surface area contributed by atoms with Crippen molar-refractivity contribution in [1.82, 2.24) is 5.32 Å². The molecule has 1 aromatic carbocycles. The van der Waals surface area contributed by atoms with Crippen LogP contribution in [0.15, 0.2) is 23.1 Å². The molecule has 0 fully saturated rings. The quantitative estimate of drug-likeness (QED) is 0.861. The van der Waals surface area contributed by atoms with Crippen LogP contribution in [0.3, 0.4) is 0 Å². The van der Waals surface area contributed by atoms with Crippen LogP contribution in [0.4, 0.5) is 5.69 Å². The highest BCUT2D eigenvalue weighted by Gasteiger charge is 2.26. The molecule has 0 spiro atoms. The molecular formula is C13H18N2OS. The summed E-state index contributed by atoms with van der Waals surface area (Å²) in [5, 5.41) is 6.10. The molecule has 1 unspecified atom stereocenters. The van der Waals surface area contributed by atoms with Crippen molar-refractivity contribution in [3.05, 3.63) is 23.8 Å². The van der Waals surface area contributed by atoms with Gasteiger partial charge in [0, 0.05) is 4.90 Å². The fourth-order valence-electron chi connectivity index (χ4n) is 1.87. The van der Waals surface area contributed by atoms with Gasteiger partial charge in [-0.05, 0) is 44.1 Å². The number of amides is 1. The van der Waals surface area contributed by atoms with Crippen LogP contribution in [0.25, 0.3) is 0 Å². The van der Waals surface area contributed by atoms with Crippen molar-refractivity contribution in [3.63, 3.8) is 0 Å². The number of anilines is 1. The molecule has 92 valence electrons. The summed E-state index contributed by atoms with van der Waals surface area (Å²) in [6, 6.07) is 6.27. The van der Waals surface area contributed by atoms with Gasteiger partial charge in [-0.25, -0.2) is 0 Å². The van der Waals surface area contributed by atoms with Crippen molar-refractivity contribution < 1.29 is 4.79 Å². The lowest BCUT2D eigenvalue weighted by atomic mass is 10.1. The van der Waals surface area contributed by atoms with Crippen molar-refractivity contribution in [2.45, 2.75) is 29.9 Å². The standard InChI is InChI=1S/C13H18N2OS/c1-3-9-4-5-10-12(8-9)17-11(6-7-14-2)13(16)15-10/h4-5,8,11,14H,3,6-7H2,1-2H3,(H,15,16). The van der Waals surface area contributed by atoms with Gasteiger partial charge in [-0.15, -0.1) is 11.8 Å². The lowest BCUT2D eigenvalue weighted by Gasteiger charge is -2.24. The third kappa shape index (κ3) is 2.82. The molecule has 1 aliphatic rings. The van der Waals surface area contributed by atoms with Gasteiger partial charge in [0.05, 0.1) is 10.9 Å². The van der Waals surface area contributed by atoms with Gasteiger partial charge in [-0.3, -0.25) is 4.79 Å². The predicted octanol–water partition coefficient (Wildman–Crippen LogP) is 2.27. The van der Waals surface area contributed by atoms with E-state index in [9.17, 15) is 4.79 Å². The average Bonchev–Trinajstić information content (AvgIpc) is 2.35. The number of fused-ring (bicyclic) bond motifs is 1. The Labute approximate surface area is 106 Å². The van der Waals surface area contributed by atoms with E-state index < -0.39 is 0 Å². The predicted molar refractivity (Wildman–Crippen MR) is 72.6 cm³/mol. The number of carbonyl (C=O) groups excluding carboxylic acids is 1.